The number of aliphatic hydroxyl groups excluding tert-OH is 1. The molecule has 1 N–H and O–H groups in total. The van der Waals surface area contributed by atoms with E-state index in [1.54, 1.807) is 5.38 Å². The zero-order valence-corrected chi connectivity index (χ0v) is 6.08. The molecule has 0 fully saturated rings. The van der Waals surface area contributed by atoms with Crippen LogP contribution in [0.15, 0.2) is 5.38 Å². The van der Waals surface area contributed by atoms with Crippen molar-refractivity contribution >= 4 is 28.8 Å². The van der Waals surface area contributed by atoms with Gasteiger partial charge in [0.05, 0.1) is 12.1 Å². The van der Waals surface area contributed by atoms with Crippen molar-refractivity contribution in [3.05, 3.63) is 11.1 Å². The standard InChI is InChI=1S/C4H4N2OS2/c7-4(8)1-3-2-9-6-5-3/h2H,1H2,(H,7,8). The van der Waals surface area contributed by atoms with Crippen LogP contribution < -0.4 is 0 Å². The summed E-state index contributed by atoms with van der Waals surface area (Å²) in [5, 5.41) is 14.0. The van der Waals surface area contributed by atoms with Crippen molar-refractivity contribution < 1.29 is 5.11 Å². The third-order valence-corrected chi connectivity index (χ3v) is 1.44. The van der Waals surface area contributed by atoms with Crippen molar-refractivity contribution in [3.8, 4) is 0 Å². The first kappa shape index (κ1) is 6.57. The number of rotatable bonds is 2. The highest BCUT2D eigenvalue weighted by atomic mass is 32.1. The molecule has 1 heterocycles. The van der Waals surface area contributed by atoms with Gasteiger partial charge in [-0.25, -0.2) is 0 Å². The Labute approximate surface area is 61.5 Å². The zero-order valence-electron chi connectivity index (χ0n) is 4.44. The van der Waals surface area contributed by atoms with E-state index in [0.29, 0.717) is 6.42 Å². The number of aliphatic hydroxyl groups is 1. The van der Waals surface area contributed by atoms with E-state index >= 15 is 0 Å². The molecular formula is C4H4N2OS2. The maximum absolute atomic E-state index is 8.59. The van der Waals surface area contributed by atoms with Crippen molar-refractivity contribution in [1.29, 1.82) is 0 Å². The number of nitrogens with zero attached hydrogens (tertiary/aromatic N) is 2. The first-order valence-electron chi connectivity index (χ1n) is 2.27. The predicted molar refractivity (Wildman–Crippen MR) is 38.8 cm³/mol. The summed E-state index contributed by atoms with van der Waals surface area (Å²) in [6.45, 7) is 0. The van der Waals surface area contributed by atoms with Crippen molar-refractivity contribution in [2.24, 2.45) is 0 Å². The lowest BCUT2D eigenvalue weighted by Crippen LogP contribution is -1.96. The van der Waals surface area contributed by atoms with Crippen LogP contribution in [0.3, 0.4) is 0 Å². The summed E-state index contributed by atoms with van der Waals surface area (Å²) in [4.78, 5) is 0. The number of hydrogen-bond donors (Lipinski definition) is 1. The van der Waals surface area contributed by atoms with Crippen LogP contribution in [0, 0.1) is 0 Å². The van der Waals surface area contributed by atoms with Gasteiger partial charge in [-0.15, -0.1) is 5.10 Å². The third-order valence-electron chi connectivity index (χ3n) is 0.737. The van der Waals surface area contributed by atoms with Gasteiger partial charge in [0.2, 0.25) is 0 Å². The summed E-state index contributed by atoms with van der Waals surface area (Å²) < 4.78 is 3.60. The van der Waals surface area contributed by atoms with Crippen LogP contribution in [0.1, 0.15) is 5.69 Å². The van der Waals surface area contributed by atoms with Gasteiger partial charge >= 0.3 is 0 Å². The van der Waals surface area contributed by atoms with Crippen LogP contribution >= 0.6 is 23.8 Å². The summed E-state index contributed by atoms with van der Waals surface area (Å²) in [5.41, 5.74) is 0.729. The van der Waals surface area contributed by atoms with E-state index < -0.39 is 0 Å². The van der Waals surface area contributed by atoms with Gasteiger partial charge in [0.15, 0.2) is 5.05 Å². The second kappa shape index (κ2) is 2.84. The quantitative estimate of drug-likeness (QED) is 0.655. The Morgan fingerprint density at radius 2 is 2.67 bits per heavy atom. The minimum Gasteiger partial charge on any atom is -0.502 e. The van der Waals surface area contributed by atoms with Crippen molar-refractivity contribution in [1.82, 2.24) is 9.59 Å². The average molecular weight is 160 g/mol. The van der Waals surface area contributed by atoms with Crippen LogP contribution in [0.4, 0.5) is 0 Å². The monoisotopic (exact) mass is 160 g/mol. The van der Waals surface area contributed by atoms with E-state index in [2.05, 4.69) is 21.8 Å². The third kappa shape index (κ3) is 2.03. The molecule has 0 saturated carbocycles. The van der Waals surface area contributed by atoms with E-state index in [0.717, 1.165) is 5.69 Å². The maximum Gasteiger partial charge on any atom is 0.162 e. The molecule has 0 aliphatic rings. The van der Waals surface area contributed by atoms with Gasteiger partial charge < -0.3 is 5.11 Å². The molecule has 0 unspecified atom stereocenters. The molecule has 1 aromatic heterocycles. The van der Waals surface area contributed by atoms with E-state index in [-0.39, 0.29) is 5.05 Å². The summed E-state index contributed by atoms with van der Waals surface area (Å²) >= 11 is 5.69. The Morgan fingerprint density at radius 1 is 1.89 bits per heavy atom. The van der Waals surface area contributed by atoms with E-state index in [1.807, 2.05) is 0 Å². The van der Waals surface area contributed by atoms with Gasteiger partial charge in [-0.1, -0.05) is 4.49 Å². The lowest BCUT2D eigenvalue weighted by atomic mass is 10.4. The lowest BCUT2D eigenvalue weighted by molar-refractivity contribution is 0.554. The van der Waals surface area contributed by atoms with E-state index in [1.165, 1.54) is 11.5 Å². The lowest BCUT2D eigenvalue weighted by Gasteiger charge is -1.86. The molecule has 0 bridgehead atoms. The largest absolute Gasteiger partial charge is 0.502 e. The van der Waals surface area contributed by atoms with Crippen molar-refractivity contribution in [2.75, 3.05) is 0 Å². The van der Waals surface area contributed by atoms with Crippen LogP contribution in [-0.2, 0) is 6.42 Å². The highest BCUT2D eigenvalue weighted by Gasteiger charge is 1.97. The number of thiocarbonyl (C=S) groups is 1. The maximum atomic E-state index is 8.59. The molecule has 0 radical (unpaired) electrons. The molecule has 9 heavy (non-hydrogen) atoms. The SMILES string of the molecule is OC(=S)Cc1csnn1. The summed E-state index contributed by atoms with van der Waals surface area (Å²) in [6.07, 6.45) is 0.339. The predicted octanol–water partition coefficient (Wildman–Crippen LogP) is 0.966. The molecule has 3 nitrogen and oxygen atoms in total. The van der Waals surface area contributed by atoms with Gasteiger partial charge in [-0.2, -0.15) is 0 Å². The van der Waals surface area contributed by atoms with Gasteiger partial charge in [-0.3, -0.25) is 0 Å². The molecule has 5 heteroatoms. The number of aromatic nitrogens is 2. The molecule has 0 amide bonds. The second-order valence-corrected chi connectivity index (χ2v) is 2.55. The molecule has 48 valence electrons. The molecule has 0 saturated heterocycles. The van der Waals surface area contributed by atoms with Crippen LogP contribution in [0.2, 0.25) is 0 Å². The van der Waals surface area contributed by atoms with Gasteiger partial charge in [0.25, 0.3) is 0 Å². The van der Waals surface area contributed by atoms with Crippen LogP contribution in [-0.4, -0.2) is 19.7 Å². The summed E-state index contributed by atoms with van der Waals surface area (Å²) in [6, 6.07) is 0. The second-order valence-electron chi connectivity index (χ2n) is 1.47. The molecule has 1 rings (SSSR count). The number of hydrogen-bond acceptors (Lipinski definition) is 4. The molecule has 0 spiro atoms. The topological polar surface area (TPSA) is 46.0 Å². The van der Waals surface area contributed by atoms with E-state index in [4.69, 9.17) is 5.11 Å². The minimum atomic E-state index is -0.0392. The van der Waals surface area contributed by atoms with Gasteiger partial charge in [0, 0.05) is 5.38 Å². The Morgan fingerprint density at radius 3 is 3.11 bits per heavy atom. The first-order chi connectivity index (χ1) is 4.29. The van der Waals surface area contributed by atoms with Crippen molar-refractivity contribution in [3.63, 3.8) is 0 Å². The molecule has 0 aromatic carbocycles. The highest BCUT2D eigenvalue weighted by Crippen LogP contribution is 1.97. The Kier molecular flexibility index (Phi) is 2.07. The highest BCUT2D eigenvalue weighted by molar-refractivity contribution is 7.80. The summed E-state index contributed by atoms with van der Waals surface area (Å²) in [5.74, 6) is 0. The smallest absolute Gasteiger partial charge is 0.162 e. The van der Waals surface area contributed by atoms with Gasteiger partial charge in [0.1, 0.15) is 0 Å². The van der Waals surface area contributed by atoms with Crippen LogP contribution in [0.5, 0.6) is 0 Å². The fourth-order valence-electron chi connectivity index (χ4n) is 0.416. The zero-order chi connectivity index (χ0) is 6.69. The molecule has 0 atom stereocenters. The Balaban J connectivity index is 2.58. The Bertz CT molecular complexity index is 196. The van der Waals surface area contributed by atoms with Crippen LogP contribution in [0.25, 0.3) is 0 Å². The minimum absolute atomic E-state index is 0.0392. The normalized spacial score (nSPS) is 9.33. The average Bonchev–Trinajstić information content (AvgIpc) is 2.15. The van der Waals surface area contributed by atoms with Crippen molar-refractivity contribution in [2.45, 2.75) is 6.42 Å². The molecule has 0 aliphatic heterocycles. The fourth-order valence-corrected chi connectivity index (χ4v) is 1.02. The summed E-state index contributed by atoms with van der Waals surface area (Å²) in [7, 11) is 0. The fraction of sp³-hybridized carbons (Fsp3) is 0.250. The first-order valence-corrected chi connectivity index (χ1v) is 3.51. The van der Waals surface area contributed by atoms with Gasteiger partial charge in [-0.05, 0) is 23.8 Å². The Hall–Kier alpha value is -0.550. The molecule has 0 aliphatic carbocycles. The molecular weight excluding hydrogens is 156 g/mol. The van der Waals surface area contributed by atoms with E-state index in [9.17, 15) is 0 Å². The molecule has 1 aromatic rings.